The molecule has 0 aromatic carbocycles. The first-order valence-corrected chi connectivity index (χ1v) is 17.1. The van der Waals surface area contributed by atoms with E-state index in [1.54, 1.807) is 0 Å². The van der Waals surface area contributed by atoms with Gasteiger partial charge in [0.05, 0.1) is 25.0 Å². The molecule has 2 fully saturated rings. The van der Waals surface area contributed by atoms with Crippen molar-refractivity contribution in [1.82, 2.24) is 9.55 Å². The average Bonchev–Trinajstić information content (AvgIpc) is 3.31. The molecule has 1 saturated heterocycles. The van der Waals surface area contributed by atoms with E-state index in [2.05, 4.69) is 17.2 Å². The molecule has 11 heteroatoms. The van der Waals surface area contributed by atoms with Gasteiger partial charge >= 0.3 is 11.7 Å². The van der Waals surface area contributed by atoms with Crippen molar-refractivity contribution < 1.29 is 34.4 Å². The van der Waals surface area contributed by atoms with Crippen LogP contribution in [0.25, 0.3) is 0 Å². The van der Waals surface area contributed by atoms with Crippen LogP contribution in [0.5, 0.6) is 0 Å². The number of aliphatic hydroxyl groups excluding tert-OH is 3. The number of amides is 1. The second-order valence-electron chi connectivity index (χ2n) is 12.5. The largest absolute Gasteiger partial charge is 0.465 e. The Morgan fingerprint density at radius 2 is 1.48 bits per heavy atom. The highest BCUT2D eigenvalue weighted by Crippen LogP contribution is 2.32. The molecule has 1 amide bonds. The minimum atomic E-state index is -1.43. The topological polar surface area (TPSA) is 160 Å². The normalized spacial score (nSPS) is 25.2. The third-order valence-corrected chi connectivity index (χ3v) is 9.02. The Morgan fingerprint density at radius 3 is 2.02 bits per heavy atom. The zero-order valence-corrected chi connectivity index (χ0v) is 26.5. The zero-order valence-electron chi connectivity index (χ0n) is 26.5. The first-order valence-electron chi connectivity index (χ1n) is 17.1. The van der Waals surface area contributed by atoms with E-state index in [4.69, 9.17) is 9.47 Å². The maximum absolute atomic E-state index is 13.1. The highest BCUT2D eigenvalue weighted by Gasteiger charge is 2.44. The minimum Gasteiger partial charge on any atom is -0.465 e. The van der Waals surface area contributed by atoms with Crippen molar-refractivity contribution in [2.45, 2.75) is 147 Å². The lowest BCUT2D eigenvalue weighted by Crippen LogP contribution is -2.38. The molecule has 250 valence electrons. The number of rotatable bonds is 20. The van der Waals surface area contributed by atoms with Gasteiger partial charge in [0.2, 0.25) is 5.91 Å². The number of carbonyl (C=O) groups is 2. The lowest BCUT2D eigenvalue weighted by Gasteiger charge is -2.28. The Bertz CT molecular complexity index is 1050. The van der Waals surface area contributed by atoms with Crippen LogP contribution in [-0.2, 0) is 19.1 Å². The molecule has 2 heterocycles. The second-order valence-corrected chi connectivity index (χ2v) is 12.5. The summed E-state index contributed by atoms with van der Waals surface area (Å²) < 4.78 is 12.0. The first kappa shape index (κ1) is 36.1. The summed E-state index contributed by atoms with van der Waals surface area (Å²) in [7, 11) is 0. The number of carbonyl (C=O) groups excluding carboxylic acids is 2. The molecule has 2 unspecified atom stereocenters. The molecule has 6 atom stereocenters. The fourth-order valence-corrected chi connectivity index (χ4v) is 6.31. The van der Waals surface area contributed by atoms with Gasteiger partial charge in [-0.15, -0.1) is 0 Å². The molecule has 0 radical (unpaired) electrons. The molecule has 1 aliphatic heterocycles. The number of nitrogens with one attached hydrogen (secondary N) is 1. The first-order chi connectivity index (χ1) is 21.4. The van der Waals surface area contributed by atoms with Crippen LogP contribution < -0.4 is 11.0 Å². The Hall–Kier alpha value is -2.34. The number of unbranched alkanes of at least 4 members (excludes halogenated alkanes) is 13. The standard InChI is InChI=1S/C33H55N3O8/c1-2-3-4-5-6-7-8-9-10-11-12-13-14-17-22-43-32(41)25-19-16-15-18-24(25)30(40)34-27-20-21-36(33(42)35-27)31-29(39)28(38)26(23-37)44-31/h20-21,24-26,28-29,31,37-39H,2-19,22-23H2,1H3,(H,34,35,40,42)/t24?,25?,26-,28-,29+,31-/m1/s1. The summed E-state index contributed by atoms with van der Waals surface area (Å²) in [6.07, 6.45) is 16.7. The predicted octanol–water partition coefficient (Wildman–Crippen LogP) is 4.62. The molecule has 2 aliphatic rings. The summed E-state index contributed by atoms with van der Waals surface area (Å²) in [5.41, 5.74) is -0.801. The molecule has 0 bridgehead atoms. The smallest absolute Gasteiger partial charge is 0.351 e. The van der Waals surface area contributed by atoms with E-state index in [1.807, 2.05) is 0 Å². The van der Waals surface area contributed by atoms with Crippen molar-refractivity contribution >= 4 is 17.7 Å². The zero-order chi connectivity index (χ0) is 31.7. The van der Waals surface area contributed by atoms with Gasteiger partial charge < -0.3 is 30.1 Å². The lowest BCUT2D eigenvalue weighted by molar-refractivity contribution is -0.154. The minimum absolute atomic E-state index is 0.0168. The van der Waals surface area contributed by atoms with Crippen LogP contribution in [0.1, 0.15) is 129 Å². The number of hydrogen-bond donors (Lipinski definition) is 4. The molecule has 3 rings (SSSR count). The van der Waals surface area contributed by atoms with Crippen molar-refractivity contribution in [3.05, 3.63) is 22.7 Å². The molecule has 1 aromatic rings. The lowest BCUT2D eigenvalue weighted by atomic mass is 9.78. The molecular formula is C33H55N3O8. The predicted molar refractivity (Wildman–Crippen MR) is 167 cm³/mol. The second kappa shape index (κ2) is 19.9. The van der Waals surface area contributed by atoms with Gasteiger partial charge in [-0.2, -0.15) is 4.98 Å². The molecule has 1 saturated carbocycles. The quantitative estimate of drug-likeness (QED) is 0.120. The van der Waals surface area contributed by atoms with E-state index in [9.17, 15) is 29.7 Å². The van der Waals surface area contributed by atoms with Crippen molar-refractivity contribution in [3.8, 4) is 0 Å². The fraction of sp³-hybridized carbons (Fsp3) is 0.818. The van der Waals surface area contributed by atoms with Crippen LogP contribution >= 0.6 is 0 Å². The van der Waals surface area contributed by atoms with Crippen molar-refractivity contribution in [3.63, 3.8) is 0 Å². The van der Waals surface area contributed by atoms with Crippen LogP contribution in [0.2, 0.25) is 0 Å². The van der Waals surface area contributed by atoms with Gasteiger partial charge in [0.15, 0.2) is 6.23 Å². The Balaban J connectivity index is 1.34. The van der Waals surface area contributed by atoms with E-state index in [1.165, 1.54) is 82.9 Å². The SMILES string of the molecule is CCCCCCCCCCCCCCCCOC(=O)C1CCCCC1C(=O)Nc1ccn([C@@H]2O[C@H](CO)[C@@H](O)[C@@H]2O)c(=O)n1. The van der Waals surface area contributed by atoms with E-state index in [0.717, 1.165) is 36.7 Å². The van der Waals surface area contributed by atoms with Crippen LogP contribution in [-0.4, -0.2) is 68.3 Å². The number of nitrogens with zero attached hydrogens (tertiary/aromatic N) is 2. The van der Waals surface area contributed by atoms with Gasteiger partial charge in [0.1, 0.15) is 24.1 Å². The molecule has 4 N–H and O–H groups in total. The van der Waals surface area contributed by atoms with Crippen molar-refractivity contribution in [2.24, 2.45) is 11.8 Å². The summed E-state index contributed by atoms with van der Waals surface area (Å²) >= 11 is 0. The third kappa shape index (κ3) is 11.2. The van der Waals surface area contributed by atoms with Crippen LogP contribution in [0, 0.1) is 11.8 Å². The van der Waals surface area contributed by atoms with Gasteiger partial charge in [-0.25, -0.2) is 4.79 Å². The maximum Gasteiger partial charge on any atom is 0.351 e. The fourth-order valence-electron chi connectivity index (χ4n) is 6.31. The number of aromatic nitrogens is 2. The van der Waals surface area contributed by atoms with Gasteiger partial charge in [0, 0.05) is 6.20 Å². The van der Waals surface area contributed by atoms with Gasteiger partial charge in [0.25, 0.3) is 0 Å². The van der Waals surface area contributed by atoms with E-state index >= 15 is 0 Å². The Morgan fingerprint density at radius 1 is 0.909 bits per heavy atom. The van der Waals surface area contributed by atoms with Gasteiger partial charge in [-0.05, 0) is 25.3 Å². The summed E-state index contributed by atoms with van der Waals surface area (Å²) in [6.45, 7) is 2.10. The van der Waals surface area contributed by atoms with E-state index in [0.29, 0.717) is 19.4 Å². The van der Waals surface area contributed by atoms with Gasteiger partial charge in [-0.3, -0.25) is 14.2 Å². The van der Waals surface area contributed by atoms with Crippen LogP contribution in [0.4, 0.5) is 5.82 Å². The van der Waals surface area contributed by atoms with E-state index in [-0.39, 0.29) is 17.7 Å². The number of anilines is 1. The highest BCUT2D eigenvalue weighted by atomic mass is 16.6. The molecule has 1 aliphatic carbocycles. The molecule has 0 spiro atoms. The average molecular weight is 622 g/mol. The molecule has 44 heavy (non-hydrogen) atoms. The maximum atomic E-state index is 13.1. The number of ether oxygens (including phenoxy) is 2. The van der Waals surface area contributed by atoms with E-state index < -0.39 is 48.7 Å². The molecular weight excluding hydrogens is 566 g/mol. The summed E-state index contributed by atoms with van der Waals surface area (Å²) in [5.74, 6) is -1.82. The Labute approximate surface area is 261 Å². The van der Waals surface area contributed by atoms with Crippen molar-refractivity contribution in [2.75, 3.05) is 18.5 Å². The number of hydrogen-bond acceptors (Lipinski definition) is 9. The summed E-state index contributed by atoms with van der Waals surface area (Å²) in [5, 5.41) is 32.1. The molecule has 11 nitrogen and oxygen atoms in total. The third-order valence-electron chi connectivity index (χ3n) is 9.02. The summed E-state index contributed by atoms with van der Waals surface area (Å²) in [4.78, 5) is 42.5. The number of aliphatic hydroxyl groups is 3. The molecule has 1 aromatic heterocycles. The monoisotopic (exact) mass is 621 g/mol. The summed E-state index contributed by atoms with van der Waals surface area (Å²) in [6, 6.07) is 1.39. The van der Waals surface area contributed by atoms with Gasteiger partial charge in [-0.1, -0.05) is 103 Å². The Kier molecular flexibility index (Phi) is 16.4. The number of esters is 1. The van der Waals surface area contributed by atoms with Crippen molar-refractivity contribution in [1.29, 1.82) is 0 Å². The van der Waals surface area contributed by atoms with Crippen LogP contribution in [0.15, 0.2) is 17.1 Å². The van der Waals surface area contributed by atoms with Crippen LogP contribution in [0.3, 0.4) is 0 Å². The highest BCUT2D eigenvalue weighted by molar-refractivity contribution is 5.94.